The maximum atomic E-state index is 12.2. The summed E-state index contributed by atoms with van der Waals surface area (Å²) in [6.45, 7) is 0.610. The highest BCUT2D eigenvalue weighted by Gasteiger charge is 2.06. The predicted octanol–water partition coefficient (Wildman–Crippen LogP) is -0.801. The zero-order valence-electron chi connectivity index (χ0n) is 11.6. The summed E-state index contributed by atoms with van der Waals surface area (Å²) in [5.41, 5.74) is 0.329. The van der Waals surface area contributed by atoms with E-state index in [0.29, 0.717) is 10.9 Å². The Kier molecular flexibility index (Phi) is 3.86. The van der Waals surface area contributed by atoms with E-state index in [2.05, 4.69) is 25.7 Å². The Hall–Kier alpha value is -3.10. The standard InChI is InChI=1S/C13H13N7O2/c21-12(7-19-9-14-8-16-19)15-5-6-20-13(22)10-3-1-2-4-11(10)17-18-20/h1-4,8-9H,5-7H2,(H,15,21). The molecule has 0 aliphatic rings. The van der Waals surface area contributed by atoms with Crippen LogP contribution < -0.4 is 10.9 Å². The fourth-order valence-corrected chi connectivity index (χ4v) is 1.99. The second kappa shape index (κ2) is 6.12. The smallest absolute Gasteiger partial charge is 0.277 e. The minimum absolute atomic E-state index is 0.0816. The number of nitrogens with one attached hydrogen (secondary N) is 1. The summed E-state index contributed by atoms with van der Waals surface area (Å²) in [5.74, 6) is -0.215. The lowest BCUT2D eigenvalue weighted by Crippen LogP contribution is -2.34. The van der Waals surface area contributed by atoms with Crippen LogP contribution in [-0.4, -0.2) is 42.2 Å². The van der Waals surface area contributed by atoms with Crippen LogP contribution in [0.3, 0.4) is 0 Å². The van der Waals surface area contributed by atoms with Crippen molar-refractivity contribution in [2.24, 2.45) is 0 Å². The average Bonchev–Trinajstić information content (AvgIpc) is 3.03. The van der Waals surface area contributed by atoms with Crippen molar-refractivity contribution in [1.82, 2.24) is 35.1 Å². The van der Waals surface area contributed by atoms with E-state index in [0.717, 1.165) is 0 Å². The lowest BCUT2D eigenvalue weighted by atomic mass is 10.2. The number of carbonyl (C=O) groups is 1. The molecule has 0 unspecified atom stereocenters. The molecule has 0 fully saturated rings. The second-order valence-corrected chi connectivity index (χ2v) is 4.58. The predicted molar refractivity (Wildman–Crippen MR) is 76.8 cm³/mol. The molecule has 2 aromatic heterocycles. The summed E-state index contributed by atoms with van der Waals surface area (Å²) < 4.78 is 2.65. The Morgan fingerprint density at radius 3 is 2.95 bits per heavy atom. The highest BCUT2D eigenvalue weighted by Crippen LogP contribution is 2.02. The van der Waals surface area contributed by atoms with Gasteiger partial charge >= 0.3 is 0 Å². The van der Waals surface area contributed by atoms with Crippen LogP contribution in [0.15, 0.2) is 41.7 Å². The van der Waals surface area contributed by atoms with Crippen LogP contribution in [-0.2, 0) is 17.9 Å². The van der Waals surface area contributed by atoms with E-state index in [1.807, 2.05) is 0 Å². The van der Waals surface area contributed by atoms with Gasteiger partial charge in [-0.2, -0.15) is 5.10 Å². The second-order valence-electron chi connectivity index (χ2n) is 4.58. The molecule has 1 N–H and O–H groups in total. The van der Waals surface area contributed by atoms with Gasteiger partial charge in [-0.3, -0.25) is 9.59 Å². The van der Waals surface area contributed by atoms with E-state index in [-0.39, 0.29) is 31.1 Å². The largest absolute Gasteiger partial charge is 0.353 e. The van der Waals surface area contributed by atoms with Gasteiger partial charge in [-0.15, -0.1) is 5.10 Å². The van der Waals surface area contributed by atoms with Crippen molar-refractivity contribution < 1.29 is 4.79 Å². The quantitative estimate of drug-likeness (QED) is 0.661. The molecule has 1 amide bonds. The van der Waals surface area contributed by atoms with Gasteiger partial charge in [-0.05, 0) is 12.1 Å². The number of aromatic nitrogens is 6. The van der Waals surface area contributed by atoms with Gasteiger partial charge < -0.3 is 5.32 Å². The van der Waals surface area contributed by atoms with Crippen molar-refractivity contribution in [1.29, 1.82) is 0 Å². The van der Waals surface area contributed by atoms with Gasteiger partial charge in [0.15, 0.2) is 0 Å². The van der Waals surface area contributed by atoms with Crippen LogP contribution in [0.5, 0.6) is 0 Å². The zero-order chi connectivity index (χ0) is 15.4. The number of amides is 1. The summed E-state index contributed by atoms with van der Waals surface area (Å²) in [4.78, 5) is 27.6. The number of hydrogen-bond donors (Lipinski definition) is 1. The molecule has 1 aromatic carbocycles. The Morgan fingerprint density at radius 2 is 2.14 bits per heavy atom. The zero-order valence-corrected chi connectivity index (χ0v) is 11.6. The summed E-state index contributed by atoms with van der Waals surface area (Å²) in [6.07, 6.45) is 2.82. The maximum Gasteiger partial charge on any atom is 0.277 e. The summed E-state index contributed by atoms with van der Waals surface area (Å²) >= 11 is 0. The van der Waals surface area contributed by atoms with Crippen LogP contribution in [0.2, 0.25) is 0 Å². The first-order chi connectivity index (χ1) is 10.7. The molecule has 0 spiro atoms. The summed E-state index contributed by atoms with van der Waals surface area (Å²) in [7, 11) is 0. The molecule has 9 heteroatoms. The van der Waals surface area contributed by atoms with Gasteiger partial charge in [-0.1, -0.05) is 17.3 Å². The van der Waals surface area contributed by atoms with Crippen LogP contribution in [0.1, 0.15) is 0 Å². The first kappa shape index (κ1) is 13.9. The van der Waals surface area contributed by atoms with Crippen molar-refractivity contribution in [3.63, 3.8) is 0 Å². The molecule has 9 nitrogen and oxygen atoms in total. The molecule has 22 heavy (non-hydrogen) atoms. The highest BCUT2D eigenvalue weighted by atomic mass is 16.2. The molecular formula is C13H13N7O2. The van der Waals surface area contributed by atoms with E-state index in [4.69, 9.17) is 0 Å². The van der Waals surface area contributed by atoms with E-state index < -0.39 is 0 Å². The molecule has 0 aliphatic carbocycles. The molecule has 3 aromatic rings. The Balaban J connectivity index is 1.61. The number of carbonyl (C=O) groups excluding carboxylic acids is 1. The molecule has 0 saturated carbocycles. The molecule has 0 aliphatic heterocycles. The van der Waals surface area contributed by atoms with E-state index >= 15 is 0 Å². The first-order valence-corrected chi connectivity index (χ1v) is 6.66. The molecule has 2 heterocycles. The summed E-state index contributed by atoms with van der Waals surface area (Å²) in [6, 6.07) is 7.00. The lowest BCUT2D eigenvalue weighted by molar-refractivity contribution is -0.121. The summed E-state index contributed by atoms with van der Waals surface area (Å²) in [5, 5.41) is 14.9. The van der Waals surface area contributed by atoms with Gasteiger partial charge in [0.2, 0.25) is 5.91 Å². The third kappa shape index (κ3) is 2.97. The fraction of sp³-hybridized carbons (Fsp3) is 0.231. The van der Waals surface area contributed by atoms with Crippen LogP contribution in [0.25, 0.3) is 10.9 Å². The van der Waals surface area contributed by atoms with E-state index in [1.54, 1.807) is 24.3 Å². The van der Waals surface area contributed by atoms with Crippen molar-refractivity contribution in [3.8, 4) is 0 Å². The van der Waals surface area contributed by atoms with Gasteiger partial charge in [0, 0.05) is 6.54 Å². The Labute approximate surface area is 124 Å². The van der Waals surface area contributed by atoms with Crippen LogP contribution >= 0.6 is 0 Å². The Morgan fingerprint density at radius 1 is 1.27 bits per heavy atom. The Bertz CT molecular complexity index is 841. The number of nitrogens with zero attached hydrogens (tertiary/aromatic N) is 6. The molecule has 0 bridgehead atoms. The van der Waals surface area contributed by atoms with Gasteiger partial charge in [0.05, 0.1) is 11.9 Å². The number of benzene rings is 1. The molecule has 0 atom stereocenters. The number of fused-ring (bicyclic) bond motifs is 1. The number of hydrogen-bond acceptors (Lipinski definition) is 6. The van der Waals surface area contributed by atoms with Gasteiger partial charge in [0.25, 0.3) is 5.56 Å². The van der Waals surface area contributed by atoms with Crippen molar-refractivity contribution >= 4 is 16.8 Å². The van der Waals surface area contributed by atoms with Crippen molar-refractivity contribution in [3.05, 3.63) is 47.3 Å². The lowest BCUT2D eigenvalue weighted by Gasteiger charge is -2.06. The van der Waals surface area contributed by atoms with Crippen molar-refractivity contribution in [2.45, 2.75) is 13.1 Å². The normalized spacial score (nSPS) is 10.7. The van der Waals surface area contributed by atoms with Crippen LogP contribution in [0, 0.1) is 0 Å². The maximum absolute atomic E-state index is 12.2. The molecule has 112 valence electrons. The molecule has 3 rings (SSSR count). The SMILES string of the molecule is O=C(Cn1cncn1)NCCn1nnc2ccccc2c1=O. The topological polar surface area (TPSA) is 108 Å². The highest BCUT2D eigenvalue weighted by molar-refractivity contribution is 5.76. The number of rotatable bonds is 5. The minimum atomic E-state index is -0.226. The molecule has 0 radical (unpaired) electrons. The first-order valence-electron chi connectivity index (χ1n) is 6.66. The van der Waals surface area contributed by atoms with Crippen molar-refractivity contribution in [2.75, 3.05) is 6.54 Å². The fourth-order valence-electron chi connectivity index (χ4n) is 1.99. The van der Waals surface area contributed by atoms with Gasteiger partial charge in [-0.25, -0.2) is 14.3 Å². The van der Waals surface area contributed by atoms with Crippen LogP contribution in [0.4, 0.5) is 0 Å². The molecule has 0 saturated heterocycles. The average molecular weight is 299 g/mol. The third-order valence-corrected chi connectivity index (χ3v) is 3.05. The monoisotopic (exact) mass is 299 g/mol. The van der Waals surface area contributed by atoms with E-state index in [1.165, 1.54) is 22.0 Å². The van der Waals surface area contributed by atoms with E-state index in [9.17, 15) is 9.59 Å². The van der Waals surface area contributed by atoms with Gasteiger partial charge in [0.1, 0.15) is 24.7 Å². The third-order valence-electron chi connectivity index (χ3n) is 3.05. The minimum Gasteiger partial charge on any atom is -0.353 e. The molecular weight excluding hydrogens is 286 g/mol.